The molecule has 0 saturated carbocycles. The number of anilines is 4. The van der Waals surface area contributed by atoms with Crippen LogP contribution in [0.1, 0.15) is 27.7 Å². The van der Waals surface area contributed by atoms with Gasteiger partial charge in [0, 0.05) is 52.4 Å². The van der Waals surface area contributed by atoms with Gasteiger partial charge in [0.05, 0.1) is 49.2 Å². The summed E-state index contributed by atoms with van der Waals surface area (Å²) in [6.07, 6.45) is 0. The summed E-state index contributed by atoms with van der Waals surface area (Å²) in [7, 11) is 0. The van der Waals surface area contributed by atoms with Crippen molar-refractivity contribution in [3.63, 3.8) is 0 Å². The summed E-state index contributed by atoms with van der Waals surface area (Å²) in [6, 6.07) is 17.5. The number of hydrogen-bond donors (Lipinski definition) is 0. The molecule has 0 saturated heterocycles. The van der Waals surface area contributed by atoms with Gasteiger partial charge in [0.1, 0.15) is 0 Å². The molecule has 188 valence electrons. The van der Waals surface area contributed by atoms with E-state index in [0.717, 1.165) is 78.8 Å². The average Bonchev–Trinajstić information content (AvgIpc) is 2.88. The molecule has 0 fully saturated rings. The van der Waals surface area contributed by atoms with E-state index in [2.05, 4.69) is 95.8 Å². The fraction of sp³-hybridized carbons (Fsp3) is 0.571. The van der Waals surface area contributed by atoms with E-state index in [1.807, 2.05) is 0 Å². The van der Waals surface area contributed by atoms with Crippen molar-refractivity contribution >= 4 is 22.7 Å². The van der Waals surface area contributed by atoms with Crippen LogP contribution in [0.2, 0.25) is 0 Å². The highest BCUT2D eigenvalue weighted by atomic mass is 16.5. The van der Waals surface area contributed by atoms with Crippen molar-refractivity contribution in [2.75, 3.05) is 98.4 Å². The van der Waals surface area contributed by atoms with Gasteiger partial charge in [-0.1, -0.05) is 24.3 Å². The molecular formula is C28H44N4O2. The predicted molar refractivity (Wildman–Crippen MR) is 146 cm³/mol. The van der Waals surface area contributed by atoms with Gasteiger partial charge in [0.25, 0.3) is 0 Å². The number of nitrogens with zero attached hydrogens (tertiary/aromatic N) is 4. The monoisotopic (exact) mass is 468 g/mol. The third-order valence-corrected chi connectivity index (χ3v) is 6.68. The Hall–Kier alpha value is -2.44. The minimum atomic E-state index is 0.720. The fourth-order valence-corrected chi connectivity index (χ4v) is 4.70. The number of benzene rings is 2. The summed E-state index contributed by atoms with van der Waals surface area (Å²) in [4.78, 5) is 9.70. The van der Waals surface area contributed by atoms with Gasteiger partial charge in [-0.25, -0.2) is 0 Å². The molecule has 1 heterocycles. The number of likely N-dealkylation sites (N-methyl/N-ethyl adjacent to an activating group) is 4. The van der Waals surface area contributed by atoms with Crippen LogP contribution in [0.4, 0.5) is 22.7 Å². The third kappa shape index (κ3) is 6.80. The molecule has 0 aromatic heterocycles. The number of para-hydroxylation sites is 4. The number of hydrogen-bond acceptors (Lipinski definition) is 6. The van der Waals surface area contributed by atoms with E-state index >= 15 is 0 Å². The molecule has 0 radical (unpaired) electrons. The van der Waals surface area contributed by atoms with Crippen LogP contribution in [0.25, 0.3) is 0 Å². The van der Waals surface area contributed by atoms with Crippen molar-refractivity contribution < 1.29 is 9.47 Å². The van der Waals surface area contributed by atoms with E-state index in [1.54, 1.807) is 0 Å². The predicted octanol–water partition coefficient (Wildman–Crippen LogP) is 4.74. The molecule has 0 spiro atoms. The van der Waals surface area contributed by atoms with Crippen LogP contribution in [0.5, 0.6) is 0 Å². The molecule has 0 N–H and O–H groups in total. The van der Waals surface area contributed by atoms with E-state index in [9.17, 15) is 0 Å². The normalized spacial score (nSPS) is 17.1. The molecule has 2 aromatic carbocycles. The van der Waals surface area contributed by atoms with Crippen molar-refractivity contribution in [2.45, 2.75) is 27.7 Å². The summed E-state index contributed by atoms with van der Waals surface area (Å²) < 4.78 is 12.3. The highest BCUT2D eigenvalue weighted by Gasteiger charge is 2.17. The zero-order chi connectivity index (χ0) is 24.2. The Balaban J connectivity index is 1.81. The second kappa shape index (κ2) is 14.1. The lowest BCUT2D eigenvalue weighted by atomic mass is 10.2. The number of rotatable bonds is 4. The zero-order valence-electron chi connectivity index (χ0n) is 21.7. The van der Waals surface area contributed by atoms with Gasteiger partial charge in [0.15, 0.2) is 0 Å². The van der Waals surface area contributed by atoms with E-state index in [1.165, 1.54) is 22.7 Å². The van der Waals surface area contributed by atoms with E-state index < -0.39 is 0 Å². The van der Waals surface area contributed by atoms with E-state index in [-0.39, 0.29) is 0 Å². The molecule has 34 heavy (non-hydrogen) atoms. The fourth-order valence-electron chi connectivity index (χ4n) is 4.70. The lowest BCUT2D eigenvalue weighted by Crippen LogP contribution is -2.35. The molecule has 0 bridgehead atoms. The van der Waals surface area contributed by atoms with Crippen molar-refractivity contribution in [3.8, 4) is 0 Å². The maximum absolute atomic E-state index is 6.15. The SMILES string of the molecule is CCN1CCOCCN(CC)c2ccccc2N(CC)CCOCCN(CC)c2ccccc21. The van der Waals surface area contributed by atoms with Crippen molar-refractivity contribution in [1.29, 1.82) is 0 Å². The van der Waals surface area contributed by atoms with E-state index in [0.29, 0.717) is 0 Å². The van der Waals surface area contributed by atoms with Crippen molar-refractivity contribution in [1.82, 2.24) is 0 Å². The summed E-state index contributed by atoms with van der Waals surface area (Å²) in [5.41, 5.74) is 5.10. The molecule has 0 atom stereocenters. The first-order valence-electron chi connectivity index (χ1n) is 13.1. The first-order chi connectivity index (χ1) is 16.7. The number of fused-ring (bicyclic) bond motifs is 2. The molecular weight excluding hydrogens is 424 g/mol. The van der Waals surface area contributed by atoms with Crippen LogP contribution >= 0.6 is 0 Å². The van der Waals surface area contributed by atoms with Crippen LogP contribution in [0.3, 0.4) is 0 Å². The van der Waals surface area contributed by atoms with Crippen molar-refractivity contribution in [2.24, 2.45) is 0 Å². The molecule has 1 aliphatic heterocycles. The second-order valence-electron chi connectivity index (χ2n) is 8.52. The van der Waals surface area contributed by atoms with Gasteiger partial charge in [-0.15, -0.1) is 0 Å². The lowest BCUT2D eigenvalue weighted by Gasteiger charge is -2.33. The lowest BCUT2D eigenvalue weighted by molar-refractivity contribution is 0.145. The molecule has 1 aliphatic rings. The second-order valence-corrected chi connectivity index (χ2v) is 8.52. The van der Waals surface area contributed by atoms with E-state index in [4.69, 9.17) is 9.47 Å². The number of ether oxygens (including phenoxy) is 2. The summed E-state index contributed by atoms with van der Waals surface area (Å²) in [6.45, 7) is 19.1. The highest BCUT2D eigenvalue weighted by molar-refractivity contribution is 5.72. The minimum absolute atomic E-state index is 0.720. The molecule has 2 aromatic rings. The van der Waals surface area contributed by atoms with Gasteiger partial charge in [-0.05, 0) is 52.0 Å². The highest BCUT2D eigenvalue weighted by Crippen LogP contribution is 2.30. The maximum atomic E-state index is 6.15. The molecule has 6 nitrogen and oxygen atoms in total. The molecule has 3 rings (SSSR count). The van der Waals surface area contributed by atoms with Crippen LogP contribution < -0.4 is 19.6 Å². The smallest absolute Gasteiger partial charge is 0.0642 e. The maximum Gasteiger partial charge on any atom is 0.0642 e. The Morgan fingerprint density at radius 1 is 0.471 bits per heavy atom. The zero-order valence-corrected chi connectivity index (χ0v) is 21.7. The van der Waals surface area contributed by atoms with Crippen molar-refractivity contribution in [3.05, 3.63) is 48.5 Å². The Morgan fingerprint density at radius 2 is 0.706 bits per heavy atom. The van der Waals surface area contributed by atoms with Gasteiger partial charge >= 0.3 is 0 Å². The summed E-state index contributed by atoms with van der Waals surface area (Å²) >= 11 is 0. The Morgan fingerprint density at radius 3 is 0.912 bits per heavy atom. The summed E-state index contributed by atoms with van der Waals surface area (Å²) in [5, 5.41) is 0. The quantitative estimate of drug-likeness (QED) is 0.644. The summed E-state index contributed by atoms with van der Waals surface area (Å²) in [5.74, 6) is 0. The molecule has 6 heteroatoms. The van der Waals surface area contributed by atoms with Crippen LogP contribution in [-0.2, 0) is 9.47 Å². The average molecular weight is 469 g/mol. The van der Waals surface area contributed by atoms with Gasteiger partial charge in [0.2, 0.25) is 0 Å². The Labute approximate surface area is 207 Å². The first kappa shape index (κ1) is 26.2. The standard InChI is InChI=1S/C28H44N4O2/c1-5-29-17-21-33-22-19-31(7-3)27-15-11-12-16-28(27)32(8-4)20-24-34-23-18-30(6-2)26-14-10-9-13-25(26)29/h9-16H,5-8,17-24H2,1-4H3. The molecule has 0 unspecified atom stereocenters. The van der Waals surface area contributed by atoms with Crippen LogP contribution in [0.15, 0.2) is 48.5 Å². The van der Waals surface area contributed by atoms with Crippen LogP contribution in [-0.4, -0.2) is 78.8 Å². The molecule has 0 amide bonds. The Bertz CT molecular complexity index is 711. The third-order valence-electron chi connectivity index (χ3n) is 6.68. The minimum Gasteiger partial charge on any atom is -0.378 e. The van der Waals surface area contributed by atoms with Gasteiger partial charge < -0.3 is 29.1 Å². The van der Waals surface area contributed by atoms with Crippen LogP contribution in [0, 0.1) is 0 Å². The Kier molecular flexibility index (Phi) is 10.8. The topological polar surface area (TPSA) is 31.4 Å². The largest absolute Gasteiger partial charge is 0.378 e. The molecule has 0 aliphatic carbocycles. The van der Waals surface area contributed by atoms with Gasteiger partial charge in [-0.2, -0.15) is 0 Å². The van der Waals surface area contributed by atoms with Gasteiger partial charge in [-0.3, -0.25) is 0 Å². The first-order valence-corrected chi connectivity index (χ1v) is 13.1.